The van der Waals surface area contributed by atoms with Crippen LogP contribution in [0.1, 0.15) is 27.9 Å². The molecule has 0 spiro atoms. The molecule has 1 saturated heterocycles. The molecular formula is C33H26BrN3O4S. The van der Waals surface area contributed by atoms with Crippen LogP contribution in [-0.4, -0.2) is 28.9 Å². The van der Waals surface area contributed by atoms with E-state index in [0.717, 1.165) is 20.5 Å². The molecule has 2 N–H and O–H groups in total. The first kappa shape index (κ1) is 29.0. The average Bonchev–Trinajstić information content (AvgIpc) is 3.27. The number of thioether (sulfide) groups is 1. The van der Waals surface area contributed by atoms with E-state index in [2.05, 4.69) is 26.6 Å². The summed E-state index contributed by atoms with van der Waals surface area (Å²) in [6.07, 6.45) is 1.75. The number of carbonyl (C=O) groups is 4. The van der Waals surface area contributed by atoms with E-state index in [9.17, 15) is 19.2 Å². The molecule has 0 saturated carbocycles. The zero-order chi connectivity index (χ0) is 29.6. The zero-order valence-electron chi connectivity index (χ0n) is 22.5. The molecule has 4 aromatic carbocycles. The lowest BCUT2D eigenvalue weighted by Gasteiger charge is -2.15. The van der Waals surface area contributed by atoms with E-state index >= 15 is 0 Å². The molecule has 1 aliphatic heterocycles. The van der Waals surface area contributed by atoms with Gasteiger partial charge in [0.2, 0.25) is 11.8 Å². The molecule has 9 heteroatoms. The molecule has 4 amide bonds. The number of nitrogens with zero attached hydrogens (tertiary/aromatic N) is 1. The molecule has 0 bridgehead atoms. The molecule has 1 heterocycles. The van der Waals surface area contributed by atoms with E-state index in [-0.39, 0.29) is 23.9 Å². The minimum absolute atomic E-state index is 0.0969. The first-order chi connectivity index (χ1) is 20.3. The van der Waals surface area contributed by atoms with Gasteiger partial charge in [-0.05, 0) is 84.8 Å². The Morgan fingerprint density at radius 3 is 2.24 bits per heavy atom. The van der Waals surface area contributed by atoms with Crippen molar-refractivity contribution in [3.8, 4) is 0 Å². The normalized spacial score (nSPS) is 15.0. The third-order valence-electron chi connectivity index (χ3n) is 6.60. The second-order valence-corrected chi connectivity index (χ2v) is 11.8. The van der Waals surface area contributed by atoms with Crippen LogP contribution in [0.15, 0.2) is 118 Å². The Hall–Kier alpha value is -4.47. The fraction of sp³-hybridized carbons (Fsp3) is 0.0909. The molecule has 42 heavy (non-hydrogen) atoms. The first-order valence-electron chi connectivity index (χ1n) is 13.1. The molecule has 7 nitrogen and oxygen atoms in total. The van der Waals surface area contributed by atoms with Crippen molar-refractivity contribution in [3.05, 3.63) is 130 Å². The van der Waals surface area contributed by atoms with E-state index in [1.807, 2.05) is 37.3 Å². The van der Waals surface area contributed by atoms with Crippen LogP contribution in [0.25, 0.3) is 6.08 Å². The minimum atomic E-state index is -0.543. The number of aryl methyl sites for hydroxylation is 1. The van der Waals surface area contributed by atoms with Crippen LogP contribution in [0.2, 0.25) is 0 Å². The van der Waals surface area contributed by atoms with E-state index in [1.54, 1.807) is 78.9 Å². The summed E-state index contributed by atoms with van der Waals surface area (Å²) in [6.45, 7) is 1.93. The highest BCUT2D eigenvalue weighted by atomic mass is 79.9. The lowest BCUT2D eigenvalue weighted by atomic mass is 10.1. The number of anilines is 2. The number of halogens is 1. The maximum atomic E-state index is 13.3. The fourth-order valence-corrected chi connectivity index (χ4v) is 5.70. The van der Waals surface area contributed by atoms with Gasteiger partial charge in [-0.3, -0.25) is 19.2 Å². The van der Waals surface area contributed by atoms with Crippen molar-refractivity contribution in [2.24, 2.45) is 0 Å². The summed E-state index contributed by atoms with van der Waals surface area (Å²) in [5, 5.41) is 5.05. The van der Waals surface area contributed by atoms with Gasteiger partial charge in [0, 0.05) is 27.0 Å². The number of carbonyl (C=O) groups excluding carboxylic acids is 4. The maximum absolute atomic E-state index is 13.3. The largest absolute Gasteiger partial charge is 0.321 e. The number of benzene rings is 4. The maximum Gasteiger partial charge on any atom is 0.272 e. The van der Waals surface area contributed by atoms with Crippen molar-refractivity contribution in [1.29, 1.82) is 0 Å². The monoisotopic (exact) mass is 639 g/mol. The van der Waals surface area contributed by atoms with Crippen molar-refractivity contribution >= 4 is 68.8 Å². The van der Waals surface area contributed by atoms with Gasteiger partial charge in [0.25, 0.3) is 11.8 Å². The molecule has 1 atom stereocenters. The van der Waals surface area contributed by atoms with Crippen LogP contribution < -0.4 is 15.5 Å². The van der Waals surface area contributed by atoms with Crippen molar-refractivity contribution < 1.29 is 19.2 Å². The van der Waals surface area contributed by atoms with Crippen LogP contribution in [0.4, 0.5) is 11.4 Å². The average molecular weight is 641 g/mol. The summed E-state index contributed by atoms with van der Waals surface area (Å²) in [5.41, 5.74) is 3.34. The number of nitrogens with one attached hydrogen (secondary N) is 2. The third kappa shape index (κ3) is 6.87. The van der Waals surface area contributed by atoms with Crippen molar-refractivity contribution in [3.63, 3.8) is 0 Å². The van der Waals surface area contributed by atoms with Gasteiger partial charge in [-0.1, -0.05) is 58.4 Å². The SMILES string of the molecule is Cc1ccccc1/C=C(\NC(=O)c1ccccc1)C(=O)Nc1ccc(SC2CC(=O)N(c3ccc(Br)cc3)C2=O)cc1. The molecule has 1 aliphatic rings. The van der Waals surface area contributed by atoms with E-state index in [0.29, 0.717) is 16.9 Å². The highest BCUT2D eigenvalue weighted by Gasteiger charge is 2.40. The van der Waals surface area contributed by atoms with E-state index < -0.39 is 17.1 Å². The Morgan fingerprint density at radius 2 is 1.55 bits per heavy atom. The van der Waals surface area contributed by atoms with Crippen molar-refractivity contribution in [2.75, 3.05) is 10.2 Å². The van der Waals surface area contributed by atoms with Gasteiger partial charge in [-0.25, -0.2) is 4.90 Å². The van der Waals surface area contributed by atoms with Crippen LogP contribution in [-0.2, 0) is 14.4 Å². The highest BCUT2D eigenvalue weighted by molar-refractivity contribution is 9.10. The van der Waals surface area contributed by atoms with Crippen LogP contribution >= 0.6 is 27.7 Å². The van der Waals surface area contributed by atoms with E-state index in [4.69, 9.17) is 0 Å². The third-order valence-corrected chi connectivity index (χ3v) is 8.32. The molecule has 0 aromatic heterocycles. The number of imide groups is 1. The standard InChI is InChI=1S/C33H26BrN3O4S/c1-21-7-5-6-10-23(21)19-28(36-31(39)22-8-3-2-4-9-22)32(40)35-25-13-17-27(18-14-25)42-29-20-30(38)37(33(29)41)26-15-11-24(34)12-16-26/h2-19,29H,20H2,1H3,(H,35,40)(H,36,39)/b28-19-. The summed E-state index contributed by atoms with van der Waals surface area (Å²) < 4.78 is 0.861. The van der Waals surface area contributed by atoms with Crippen LogP contribution in [0.3, 0.4) is 0 Å². The van der Waals surface area contributed by atoms with E-state index in [1.165, 1.54) is 16.7 Å². The zero-order valence-corrected chi connectivity index (χ0v) is 24.9. The Labute approximate surface area is 256 Å². The summed E-state index contributed by atoms with van der Waals surface area (Å²) in [7, 11) is 0. The predicted molar refractivity (Wildman–Crippen MR) is 169 cm³/mol. The summed E-state index contributed by atoms with van der Waals surface area (Å²) in [5.74, 6) is -1.38. The number of hydrogen-bond acceptors (Lipinski definition) is 5. The van der Waals surface area contributed by atoms with Crippen LogP contribution in [0, 0.1) is 6.92 Å². The molecular weight excluding hydrogens is 614 g/mol. The molecule has 4 aromatic rings. The molecule has 210 valence electrons. The van der Waals surface area contributed by atoms with Gasteiger partial charge in [0.15, 0.2) is 0 Å². The fourth-order valence-electron chi connectivity index (χ4n) is 4.38. The Balaban J connectivity index is 1.28. The van der Waals surface area contributed by atoms with Gasteiger partial charge in [0.1, 0.15) is 5.70 Å². The number of hydrogen-bond donors (Lipinski definition) is 2. The lowest BCUT2D eigenvalue weighted by Crippen LogP contribution is -2.31. The molecule has 0 radical (unpaired) electrons. The van der Waals surface area contributed by atoms with Crippen LogP contribution in [0.5, 0.6) is 0 Å². The molecule has 1 fully saturated rings. The predicted octanol–water partition coefficient (Wildman–Crippen LogP) is 6.59. The second kappa shape index (κ2) is 13.0. The van der Waals surface area contributed by atoms with Crippen molar-refractivity contribution in [2.45, 2.75) is 23.5 Å². The smallest absolute Gasteiger partial charge is 0.272 e. The quantitative estimate of drug-likeness (QED) is 0.167. The molecule has 5 rings (SSSR count). The minimum Gasteiger partial charge on any atom is -0.321 e. The van der Waals surface area contributed by atoms with Gasteiger partial charge in [-0.2, -0.15) is 0 Å². The second-order valence-electron chi connectivity index (χ2n) is 9.57. The molecule has 0 aliphatic carbocycles. The summed E-state index contributed by atoms with van der Waals surface area (Å²) >= 11 is 4.67. The van der Waals surface area contributed by atoms with Gasteiger partial charge >= 0.3 is 0 Å². The first-order valence-corrected chi connectivity index (χ1v) is 14.8. The topological polar surface area (TPSA) is 95.6 Å². The summed E-state index contributed by atoms with van der Waals surface area (Å²) in [4.78, 5) is 53.9. The number of rotatable bonds is 8. The van der Waals surface area contributed by atoms with Crippen molar-refractivity contribution in [1.82, 2.24) is 5.32 Å². The van der Waals surface area contributed by atoms with Gasteiger partial charge in [-0.15, -0.1) is 11.8 Å². The number of amides is 4. The Bertz CT molecular complexity index is 1670. The Morgan fingerprint density at radius 1 is 0.881 bits per heavy atom. The molecule has 1 unspecified atom stereocenters. The Kier molecular flexibility index (Phi) is 9.00. The van der Waals surface area contributed by atoms with Gasteiger partial charge < -0.3 is 10.6 Å². The van der Waals surface area contributed by atoms with Gasteiger partial charge in [0.05, 0.1) is 10.9 Å². The highest BCUT2D eigenvalue weighted by Crippen LogP contribution is 2.34. The lowest BCUT2D eigenvalue weighted by molar-refractivity contribution is -0.121. The summed E-state index contributed by atoms with van der Waals surface area (Å²) in [6, 6.07) is 30.3.